The van der Waals surface area contributed by atoms with E-state index in [-0.39, 0.29) is 6.71 Å². The minimum Gasteiger partial charge on any atom is -0.458 e. The fourth-order valence-corrected chi connectivity index (χ4v) is 7.66. The number of fused-ring (bicyclic) bond motifs is 7. The monoisotopic (exact) mass is 572 g/mol. The summed E-state index contributed by atoms with van der Waals surface area (Å²) in [5, 5.41) is 7.33. The Labute approximate surface area is 261 Å². The summed E-state index contributed by atoms with van der Waals surface area (Å²) in [5.74, 6) is 3.53. The van der Waals surface area contributed by atoms with E-state index in [2.05, 4.69) is 146 Å². The van der Waals surface area contributed by atoms with Gasteiger partial charge in [-0.15, -0.1) is 0 Å². The summed E-state index contributed by atoms with van der Waals surface area (Å²) in [6, 6.07) is 54.2. The molecular formula is C42H25BO2. The van der Waals surface area contributed by atoms with Gasteiger partial charge in [-0.3, -0.25) is 0 Å². The van der Waals surface area contributed by atoms with Gasteiger partial charge in [-0.25, -0.2) is 0 Å². The van der Waals surface area contributed by atoms with E-state index < -0.39 is 0 Å². The first-order chi connectivity index (χ1) is 22.3. The summed E-state index contributed by atoms with van der Waals surface area (Å²) in [7, 11) is 0. The largest absolute Gasteiger partial charge is 0.458 e. The molecule has 2 nitrogen and oxygen atoms in total. The molecule has 0 aromatic heterocycles. The molecule has 0 unspecified atom stereocenters. The average Bonchev–Trinajstić information content (AvgIpc) is 3.10. The van der Waals surface area contributed by atoms with Gasteiger partial charge in [0.1, 0.15) is 23.0 Å². The highest BCUT2D eigenvalue weighted by Gasteiger charge is 2.41. The number of hydrogen-bond acceptors (Lipinski definition) is 2. The van der Waals surface area contributed by atoms with Crippen LogP contribution in [0.15, 0.2) is 152 Å². The van der Waals surface area contributed by atoms with Crippen LogP contribution in [0.3, 0.4) is 0 Å². The Morgan fingerprint density at radius 1 is 0.400 bits per heavy atom. The van der Waals surface area contributed by atoms with Crippen LogP contribution < -0.4 is 25.9 Å². The van der Waals surface area contributed by atoms with Gasteiger partial charge < -0.3 is 9.47 Å². The maximum atomic E-state index is 6.91. The first-order valence-corrected chi connectivity index (χ1v) is 15.5. The molecule has 10 rings (SSSR count). The standard InChI is InChI=1S/C42H25BO2/c1-2-12-27-25-28(22-21-26(27)11-1)39-29-13-3-5-15-31(29)40(32-16-6-4-14-30(32)39)33-23-24-38-41-42(33)45-37-20-10-8-18-35(37)43(41)34-17-7-9-19-36(34)44-38/h1-25H. The zero-order valence-corrected chi connectivity index (χ0v) is 24.3. The Hall–Kier alpha value is -5.80. The predicted octanol–water partition coefficient (Wildman–Crippen LogP) is 9.21. The van der Waals surface area contributed by atoms with Gasteiger partial charge in [-0.2, -0.15) is 0 Å². The van der Waals surface area contributed by atoms with Gasteiger partial charge in [0.15, 0.2) is 0 Å². The van der Waals surface area contributed by atoms with Gasteiger partial charge in [-0.05, 0) is 84.7 Å². The molecule has 0 atom stereocenters. The predicted molar refractivity (Wildman–Crippen MR) is 188 cm³/mol. The van der Waals surface area contributed by atoms with E-state index in [1.807, 2.05) is 6.07 Å². The molecule has 8 aromatic rings. The first kappa shape index (κ1) is 24.6. The summed E-state index contributed by atoms with van der Waals surface area (Å²) in [4.78, 5) is 0. The van der Waals surface area contributed by atoms with Crippen LogP contribution >= 0.6 is 0 Å². The van der Waals surface area contributed by atoms with E-state index in [1.54, 1.807) is 0 Å². The third-order valence-corrected chi connectivity index (χ3v) is 9.58. The van der Waals surface area contributed by atoms with Gasteiger partial charge in [0, 0.05) is 16.6 Å². The highest BCUT2D eigenvalue weighted by atomic mass is 16.5. The quantitative estimate of drug-likeness (QED) is 0.152. The van der Waals surface area contributed by atoms with Crippen molar-refractivity contribution in [2.24, 2.45) is 0 Å². The SMILES string of the molecule is c1ccc2c(c1)Oc1ccc(-c3c4ccccc4c(-c4ccc5ccccc5c4)c4ccccc34)c3c1B2c1ccccc1O3. The second-order valence-corrected chi connectivity index (χ2v) is 12.0. The Morgan fingerprint density at radius 3 is 1.64 bits per heavy atom. The third-order valence-electron chi connectivity index (χ3n) is 9.58. The average molecular weight is 572 g/mol. The molecule has 8 aromatic carbocycles. The van der Waals surface area contributed by atoms with Crippen molar-refractivity contribution in [3.8, 4) is 45.3 Å². The summed E-state index contributed by atoms with van der Waals surface area (Å²) in [5.41, 5.74) is 8.16. The lowest BCUT2D eigenvalue weighted by atomic mass is 9.34. The van der Waals surface area contributed by atoms with Gasteiger partial charge in [0.25, 0.3) is 6.71 Å². The lowest BCUT2D eigenvalue weighted by Gasteiger charge is -2.34. The molecule has 0 amide bonds. The summed E-state index contributed by atoms with van der Waals surface area (Å²) < 4.78 is 13.4. The molecule has 45 heavy (non-hydrogen) atoms. The molecule has 2 heterocycles. The van der Waals surface area contributed by atoms with Crippen molar-refractivity contribution >= 4 is 55.4 Å². The van der Waals surface area contributed by atoms with Gasteiger partial charge >= 0.3 is 0 Å². The van der Waals surface area contributed by atoms with Crippen LogP contribution in [0.1, 0.15) is 0 Å². The Balaban J connectivity index is 1.30. The maximum Gasteiger partial charge on any atom is 0.260 e. The molecule has 3 heteroatoms. The number of rotatable bonds is 2. The first-order valence-electron chi connectivity index (χ1n) is 15.5. The number of para-hydroxylation sites is 2. The topological polar surface area (TPSA) is 18.5 Å². The molecule has 0 fully saturated rings. The zero-order chi connectivity index (χ0) is 29.5. The van der Waals surface area contributed by atoms with Crippen molar-refractivity contribution in [1.29, 1.82) is 0 Å². The van der Waals surface area contributed by atoms with Gasteiger partial charge in [-0.1, -0.05) is 121 Å². The number of benzene rings is 8. The van der Waals surface area contributed by atoms with Crippen LogP contribution in [-0.4, -0.2) is 6.71 Å². The second-order valence-electron chi connectivity index (χ2n) is 12.0. The van der Waals surface area contributed by atoms with E-state index in [1.165, 1.54) is 59.9 Å². The van der Waals surface area contributed by atoms with Crippen LogP contribution in [0.25, 0.3) is 54.6 Å². The van der Waals surface area contributed by atoms with Crippen molar-refractivity contribution in [2.75, 3.05) is 0 Å². The molecular weight excluding hydrogens is 547 g/mol. The van der Waals surface area contributed by atoms with Gasteiger partial charge in [0.2, 0.25) is 0 Å². The fourth-order valence-electron chi connectivity index (χ4n) is 7.66. The van der Waals surface area contributed by atoms with Crippen molar-refractivity contribution in [2.45, 2.75) is 0 Å². The second kappa shape index (κ2) is 9.35. The van der Waals surface area contributed by atoms with E-state index in [0.717, 1.165) is 34.0 Å². The normalized spacial score (nSPS) is 12.8. The molecule has 0 radical (unpaired) electrons. The van der Waals surface area contributed by atoms with E-state index in [9.17, 15) is 0 Å². The fraction of sp³-hybridized carbons (Fsp3) is 0. The Kier molecular flexibility index (Phi) is 5.12. The zero-order valence-electron chi connectivity index (χ0n) is 24.3. The molecule has 0 aliphatic carbocycles. The van der Waals surface area contributed by atoms with E-state index >= 15 is 0 Å². The minimum atomic E-state index is 0.0271. The lowest BCUT2D eigenvalue weighted by Crippen LogP contribution is -2.57. The van der Waals surface area contributed by atoms with Gasteiger partial charge in [0.05, 0.1) is 0 Å². The molecule has 0 bridgehead atoms. The van der Waals surface area contributed by atoms with Crippen LogP contribution in [-0.2, 0) is 0 Å². The molecule has 208 valence electrons. The van der Waals surface area contributed by atoms with Crippen LogP contribution in [0, 0.1) is 0 Å². The Morgan fingerprint density at radius 2 is 0.956 bits per heavy atom. The molecule has 0 saturated heterocycles. The molecule has 0 saturated carbocycles. The lowest BCUT2D eigenvalue weighted by molar-refractivity contribution is 0.465. The summed E-state index contributed by atoms with van der Waals surface area (Å²) >= 11 is 0. The summed E-state index contributed by atoms with van der Waals surface area (Å²) in [6.45, 7) is 0.0271. The molecule has 2 aliphatic heterocycles. The van der Waals surface area contributed by atoms with Crippen molar-refractivity contribution in [3.63, 3.8) is 0 Å². The van der Waals surface area contributed by atoms with Crippen molar-refractivity contribution < 1.29 is 9.47 Å². The molecule has 0 spiro atoms. The van der Waals surface area contributed by atoms with E-state index in [0.29, 0.717) is 0 Å². The van der Waals surface area contributed by atoms with Crippen LogP contribution in [0.2, 0.25) is 0 Å². The number of hydrogen-bond donors (Lipinski definition) is 0. The highest BCUT2D eigenvalue weighted by Crippen LogP contribution is 2.48. The van der Waals surface area contributed by atoms with Crippen molar-refractivity contribution in [1.82, 2.24) is 0 Å². The smallest absolute Gasteiger partial charge is 0.260 e. The highest BCUT2D eigenvalue weighted by molar-refractivity contribution is 6.98. The minimum absolute atomic E-state index is 0.0271. The maximum absolute atomic E-state index is 6.91. The third kappa shape index (κ3) is 3.52. The summed E-state index contributed by atoms with van der Waals surface area (Å²) in [6.07, 6.45) is 0. The molecule has 2 aliphatic rings. The molecule has 0 N–H and O–H groups in total. The van der Waals surface area contributed by atoms with Crippen LogP contribution in [0.4, 0.5) is 0 Å². The number of ether oxygens (including phenoxy) is 2. The van der Waals surface area contributed by atoms with E-state index in [4.69, 9.17) is 9.47 Å². The van der Waals surface area contributed by atoms with Crippen LogP contribution in [0.5, 0.6) is 23.0 Å². The Bertz CT molecular complexity index is 2450. The van der Waals surface area contributed by atoms with Crippen molar-refractivity contribution in [3.05, 3.63) is 152 Å².